The molecule has 0 spiro atoms. The van der Waals surface area contributed by atoms with Crippen molar-refractivity contribution in [3.8, 4) is 5.88 Å². The minimum Gasteiger partial charge on any atom is -0.471 e. The Kier molecular flexibility index (Phi) is 5.54. The van der Waals surface area contributed by atoms with Crippen molar-refractivity contribution in [3.05, 3.63) is 42.0 Å². The van der Waals surface area contributed by atoms with E-state index in [1.165, 1.54) is 6.92 Å². The lowest BCUT2D eigenvalue weighted by Gasteiger charge is -2.17. The maximum Gasteiger partial charge on any atom is 0.253 e. The highest BCUT2D eigenvalue weighted by molar-refractivity contribution is 5.95. The first kappa shape index (κ1) is 18.6. The summed E-state index contributed by atoms with van der Waals surface area (Å²) in [5, 5.41) is 10.9. The van der Waals surface area contributed by atoms with Crippen molar-refractivity contribution in [2.24, 2.45) is 0 Å². The van der Waals surface area contributed by atoms with Crippen LogP contribution in [0.4, 0.5) is 11.5 Å². The molecule has 1 aromatic carbocycles. The van der Waals surface area contributed by atoms with Crippen LogP contribution in [0, 0.1) is 0 Å². The highest BCUT2D eigenvalue weighted by Crippen LogP contribution is 2.20. The molecule has 1 N–H and O–H groups in total. The van der Waals surface area contributed by atoms with E-state index < -0.39 is 0 Å². The van der Waals surface area contributed by atoms with E-state index >= 15 is 0 Å². The second kappa shape index (κ2) is 8.03. The Morgan fingerprint density at radius 2 is 1.89 bits per heavy atom. The number of carbonyl (C=O) groups is 2. The number of aromatic nitrogens is 2. The van der Waals surface area contributed by atoms with Gasteiger partial charge in [-0.25, -0.2) is 0 Å². The summed E-state index contributed by atoms with van der Waals surface area (Å²) in [6, 6.07) is 10.5. The van der Waals surface area contributed by atoms with E-state index in [4.69, 9.17) is 4.74 Å². The Balaban J connectivity index is 1.56. The maximum atomic E-state index is 12.6. The lowest BCUT2D eigenvalue weighted by molar-refractivity contribution is -0.114. The summed E-state index contributed by atoms with van der Waals surface area (Å²) >= 11 is 0. The van der Waals surface area contributed by atoms with Crippen LogP contribution in [0.3, 0.4) is 0 Å². The molecule has 0 saturated carbocycles. The molecule has 1 aliphatic heterocycles. The number of hydrogen-bond donors (Lipinski definition) is 1. The number of amides is 2. The third-order valence-electron chi connectivity index (χ3n) is 4.26. The summed E-state index contributed by atoms with van der Waals surface area (Å²) < 4.78 is 5.86. The minimum absolute atomic E-state index is 0.0514. The topological polar surface area (TPSA) is 87.7 Å². The number of nitrogens with zero attached hydrogens (tertiary/aromatic N) is 4. The van der Waals surface area contributed by atoms with E-state index in [0.29, 0.717) is 30.2 Å². The van der Waals surface area contributed by atoms with Gasteiger partial charge in [0, 0.05) is 51.3 Å². The Labute approximate surface area is 158 Å². The zero-order valence-corrected chi connectivity index (χ0v) is 15.7. The van der Waals surface area contributed by atoms with Gasteiger partial charge in [-0.05, 0) is 30.3 Å². The van der Waals surface area contributed by atoms with Crippen molar-refractivity contribution < 1.29 is 14.3 Å². The van der Waals surface area contributed by atoms with Crippen LogP contribution in [0.15, 0.2) is 36.4 Å². The lowest BCUT2D eigenvalue weighted by atomic mass is 10.2. The van der Waals surface area contributed by atoms with Crippen LogP contribution in [0.2, 0.25) is 0 Å². The molecule has 1 unspecified atom stereocenters. The highest BCUT2D eigenvalue weighted by atomic mass is 16.5. The molecule has 27 heavy (non-hydrogen) atoms. The fourth-order valence-corrected chi connectivity index (χ4v) is 2.88. The molecule has 1 atom stereocenters. The summed E-state index contributed by atoms with van der Waals surface area (Å²) in [7, 11) is 3.79. The second-order valence-electron chi connectivity index (χ2n) is 6.66. The Bertz CT molecular complexity index is 805. The Morgan fingerprint density at radius 3 is 2.48 bits per heavy atom. The zero-order valence-electron chi connectivity index (χ0n) is 15.7. The molecule has 2 amide bonds. The van der Waals surface area contributed by atoms with Crippen molar-refractivity contribution in [3.63, 3.8) is 0 Å². The summed E-state index contributed by atoms with van der Waals surface area (Å²) in [4.78, 5) is 27.3. The number of hydrogen-bond acceptors (Lipinski definition) is 6. The Morgan fingerprint density at radius 1 is 1.15 bits per heavy atom. The van der Waals surface area contributed by atoms with Crippen LogP contribution >= 0.6 is 0 Å². The molecule has 2 aromatic rings. The smallest absolute Gasteiger partial charge is 0.253 e. The van der Waals surface area contributed by atoms with Crippen molar-refractivity contribution in [1.29, 1.82) is 0 Å². The van der Waals surface area contributed by atoms with Crippen molar-refractivity contribution in [2.45, 2.75) is 19.4 Å². The monoisotopic (exact) mass is 369 g/mol. The first-order valence-corrected chi connectivity index (χ1v) is 8.77. The standard InChI is InChI=1S/C19H23N5O3/c1-13(25)20-15-6-4-14(5-7-15)19(26)24-11-10-16(12-24)27-18-9-8-17(21-22-18)23(2)3/h4-9,16H,10-12H2,1-3H3,(H,20,25). The SMILES string of the molecule is CC(=O)Nc1ccc(C(=O)N2CCC(Oc3ccc(N(C)C)nn3)C2)cc1. The third-order valence-corrected chi connectivity index (χ3v) is 4.26. The van der Waals surface area contributed by atoms with Gasteiger partial charge in [0.25, 0.3) is 5.91 Å². The van der Waals surface area contributed by atoms with Gasteiger partial charge in [0.15, 0.2) is 5.82 Å². The molecule has 2 heterocycles. The number of nitrogens with one attached hydrogen (secondary N) is 1. The van der Waals surface area contributed by atoms with Gasteiger partial charge in [0.2, 0.25) is 11.8 Å². The molecule has 1 aromatic heterocycles. The summed E-state index contributed by atoms with van der Waals surface area (Å²) in [5.74, 6) is 1.02. The van der Waals surface area contributed by atoms with Crippen LogP contribution in [0.1, 0.15) is 23.7 Å². The van der Waals surface area contributed by atoms with Gasteiger partial charge >= 0.3 is 0 Å². The van der Waals surface area contributed by atoms with E-state index in [2.05, 4.69) is 15.5 Å². The highest BCUT2D eigenvalue weighted by Gasteiger charge is 2.28. The normalized spacial score (nSPS) is 16.1. The van der Waals surface area contributed by atoms with Gasteiger partial charge in [-0.3, -0.25) is 9.59 Å². The molecule has 1 saturated heterocycles. The van der Waals surface area contributed by atoms with Crippen molar-refractivity contribution in [2.75, 3.05) is 37.4 Å². The van der Waals surface area contributed by atoms with Crippen LogP contribution in [0.25, 0.3) is 0 Å². The van der Waals surface area contributed by atoms with E-state index in [9.17, 15) is 9.59 Å². The van der Waals surface area contributed by atoms with Gasteiger partial charge in [0.1, 0.15) is 6.10 Å². The molecule has 8 nitrogen and oxygen atoms in total. The average Bonchev–Trinajstić information content (AvgIpc) is 3.10. The summed E-state index contributed by atoms with van der Waals surface area (Å²) in [5.41, 5.74) is 1.25. The molecule has 8 heteroatoms. The van der Waals surface area contributed by atoms with Crippen LogP contribution in [0.5, 0.6) is 5.88 Å². The van der Waals surface area contributed by atoms with Gasteiger partial charge in [-0.1, -0.05) is 0 Å². The predicted octanol–water partition coefficient (Wildman–Crippen LogP) is 1.79. The minimum atomic E-state index is -0.143. The number of likely N-dealkylation sites (tertiary alicyclic amines) is 1. The molecule has 1 aliphatic rings. The molecule has 3 rings (SSSR count). The largest absolute Gasteiger partial charge is 0.471 e. The lowest BCUT2D eigenvalue weighted by Crippen LogP contribution is -2.31. The molecule has 0 bridgehead atoms. The first-order valence-electron chi connectivity index (χ1n) is 8.77. The molecular weight excluding hydrogens is 346 g/mol. The second-order valence-corrected chi connectivity index (χ2v) is 6.66. The molecule has 142 valence electrons. The average molecular weight is 369 g/mol. The van der Waals surface area contributed by atoms with Crippen molar-refractivity contribution >= 4 is 23.3 Å². The van der Waals surface area contributed by atoms with Crippen LogP contribution < -0.4 is 15.0 Å². The van der Waals surface area contributed by atoms with E-state index in [0.717, 1.165) is 12.2 Å². The van der Waals surface area contributed by atoms with Gasteiger partial charge in [0.05, 0.1) is 6.54 Å². The Hall–Kier alpha value is -3.16. The van der Waals surface area contributed by atoms with Gasteiger partial charge < -0.3 is 19.9 Å². The van der Waals surface area contributed by atoms with Crippen molar-refractivity contribution in [1.82, 2.24) is 15.1 Å². The van der Waals surface area contributed by atoms with E-state index in [1.807, 2.05) is 25.1 Å². The predicted molar refractivity (Wildman–Crippen MR) is 102 cm³/mol. The third kappa shape index (κ3) is 4.72. The quantitative estimate of drug-likeness (QED) is 0.865. The van der Waals surface area contributed by atoms with E-state index in [1.54, 1.807) is 35.2 Å². The van der Waals surface area contributed by atoms with Crippen LogP contribution in [-0.4, -0.2) is 60.2 Å². The molecule has 1 fully saturated rings. The van der Waals surface area contributed by atoms with Gasteiger partial charge in [-0.2, -0.15) is 0 Å². The molecule has 0 aliphatic carbocycles. The zero-order chi connectivity index (χ0) is 19.4. The number of benzene rings is 1. The summed E-state index contributed by atoms with van der Waals surface area (Å²) in [6.45, 7) is 2.57. The fourth-order valence-electron chi connectivity index (χ4n) is 2.88. The number of ether oxygens (including phenoxy) is 1. The molecular formula is C19H23N5O3. The molecule has 0 radical (unpaired) electrons. The first-order chi connectivity index (χ1) is 12.9. The van der Waals surface area contributed by atoms with Crippen LogP contribution in [-0.2, 0) is 4.79 Å². The maximum absolute atomic E-state index is 12.6. The number of anilines is 2. The summed E-state index contributed by atoms with van der Waals surface area (Å²) in [6.07, 6.45) is 0.638. The number of carbonyl (C=O) groups excluding carboxylic acids is 2. The fraction of sp³-hybridized carbons (Fsp3) is 0.368. The van der Waals surface area contributed by atoms with E-state index in [-0.39, 0.29) is 17.9 Å². The number of rotatable bonds is 5. The van der Waals surface area contributed by atoms with Gasteiger partial charge in [-0.15, -0.1) is 10.2 Å².